The van der Waals surface area contributed by atoms with Crippen molar-refractivity contribution in [1.29, 1.82) is 0 Å². The van der Waals surface area contributed by atoms with E-state index in [1.807, 2.05) is 42.5 Å². The molecule has 7 heteroatoms. The quantitative estimate of drug-likeness (QED) is 0.188. The molecule has 0 radical (unpaired) electrons. The highest BCUT2D eigenvalue weighted by Gasteiger charge is 2.45. The predicted octanol–water partition coefficient (Wildman–Crippen LogP) is 5.38. The Morgan fingerprint density at radius 1 is 0.971 bits per heavy atom. The molecule has 0 aromatic heterocycles. The van der Waals surface area contributed by atoms with Crippen LogP contribution >= 0.6 is 11.6 Å². The van der Waals surface area contributed by atoms with Gasteiger partial charge in [-0.1, -0.05) is 54.1 Å². The third-order valence-corrected chi connectivity index (χ3v) is 6.10. The van der Waals surface area contributed by atoms with E-state index in [1.54, 1.807) is 43.5 Å². The molecule has 1 atom stereocenters. The number of halogens is 1. The summed E-state index contributed by atoms with van der Waals surface area (Å²) in [4.78, 5) is 27.5. The molecular weight excluding hydrogens is 466 g/mol. The smallest absolute Gasteiger partial charge is 0.295 e. The summed E-state index contributed by atoms with van der Waals surface area (Å²) < 4.78 is 11.0. The van der Waals surface area contributed by atoms with Crippen molar-refractivity contribution >= 4 is 29.1 Å². The lowest BCUT2D eigenvalue weighted by molar-refractivity contribution is -0.140. The number of hydrogen-bond acceptors (Lipinski definition) is 5. The molecular formula is C28H26ClNO5. The topological polar surface area (TPSA) is 76.1 Å². The number of nitrogens with zero attached hydrogens (tertiary/aromatic N) is 1. The van der Waals surface area contributed by atoms with Gasteiger partial charge >= 0.3 is 0 Å². The molecule has 0 aliphatic carbocycles. The van der Waals surface area contributed by atoms with Gasteiger partial charge in [-0.15, -0.1) is 0 Å². The number of carbonyl (C=O) groups is 2. The van der Waals surface area contributed by atoms with Gasteiger partial charge in [0.05, 0.1) is 11.6 Å². The van der Waals surface area contributed by atoms with Gasteiger partial charge in [0.25, 0.3) is 11.7 Å². The van der Waals surface area contributed by atoms with Crippen molar-refractivity contribution in [3.05, 3.63) is 106 Å². The molecule has 3 aromatic rings. The van der Waals surface area contributed by atoms with Crippen LogP contribution in [0, 0.1) is 0 Å². The van der Waals surface area contributed by atoms with E-state index in [0.29, 0.717) is 48.1 Å². The summed E-state index contributed by atoms with van der Waals surface area (Å²) >= 11 is 5.98. The summed E-state index contributed by atoms with van der Waals surface area (Å²) in [7, 11) is 1.58. The maximum Gasteiger partial charge on any atom is 0.295 e. The van der Waals surface area contributed by atoms with E-state index in [0.717, 1.165) is 5.56 Å². The number of aliphatic hydroxyl groups is 1. The molecule has 4 rings (SSSR count). The van der Waals surface area contributed by atoms with Gasteiger partial charge in [-0.05, 0) is 53.9 Å². The molecule has 1 N–H and O–H groups in total. The van der Waals surface area contributed by atoms with Crippen molar-refractivity contribution in [2.45, 2.75) is 19.1 Å². The van der Waals surface area contributed by atoms with E-state index >= 15 is 0 Å². The van der Waals surface area contributed by atoms with Crippen LogP contribution in [0.2, 0.25) is 5.02 Å². The van der Waals surface area contributed by atoms with Crippen molar-refractivity contribution < 1.29 is 24.2 Å². The van der Waals surface area contributed by atoms with Crippen LogP contribution in [0.4, 0.5) is 0 Å². The standard InChI is InChI=1S/C28H26ClNO5/c1-34-17-5-16-30-25(20-10-14-23(15-11-20)35-18-19-6-3-2-4-7-19)24(27(32)28(30)33)26(31)21-8-12-22(29)13-9-21/h2-4,6-15,25,31H,5,16-18H2,1H3/t25-/m1/s1. The van der Waals surface area contributed by atoms with Crippen LogP contribution in [-0.4, -0.2) is 42.0 Å². The third-order valence-electron chi connectivity index (χ3n) is 5.85. The fourth-order valence-corrected chi connectivity index (χ4v) is 4.21. The molecule has 1 fully saturated rings. The number of likely N-dealkylation sites (tertiary alicyclic amines) is 1. The normalized spacial score (nSPS) is 17.1. The molecule has 0 spiro atoms. The largest absolute Gasteiger partial charge is 0.507 e. The summed E-state index contributed by atoms with van der Waals surface area (Å²) in [5.74, 6) is -0.939. The zero-order valence-corrected chi connectivity index (χ0v) is 20.1. The molecule has 1 amide bonds. The van der Waals surface area contributed by atoms with E-state index < -0.39 is 17.7 Å². The molecule has 1 heterocycles. The van der Waals surface area contributed by atoms with Crippen LogP contribution in [0.1, 0.15) is 29.2 Å². The highest BCUT2D eigenvalue weighted by Crippen LogP contribution is 2.40. The minimum absolute atomic E-state index is 0.0488. The number of ether oxygens (including phenoxy) is 2. The van der Waals surface area contributed by atoms with Crippen LogP contribution in [0.5, 0.6) is 5.75 Å². The average Bonchev–Trinajstić information content (AvgIpc) is 3.13. The third kappa shape index (κ3) is 5.56. The second-order valence-electron chi connectivity index (χ2n) is 8.19. The second-order valence-corrected chi connectivity index (χ2v) is 8.63. The minimum atomic E-state index is -0.731. The van der Waals surface area contributed by atoms with Crippen molar-refractivity contribution in [1.82, 2.24) is 4.90 Å². The first kappa shape index (κ1) is 24.5. The molecule has 0 saturated carbocycles. The lowest BCUT2D eigenvalue weighted by Crippen LogP contribution is -2.31. The Morgan fingerprint density at radius 2 is 1.66 bits per heavy atom. The first-order valence-corrected chi connectivity index (χ1v) is 11.7. The van der Waals surface area contributed by atoms with Gasteiger partial charge < -0.3 is 19.5 Å². The molecule has 3 aromatic carbocycles. The van der Waals surface area contributed by atoms with Gasteiger partial charge in [0.15, 0.2) is 0 Å². The first-order valence-electron chi connectivity index (χ1n) is 11.3. The molecule has 0 unspecified atom stereocenters. The van der Waals surface area contributed by atoms with Crippen molar-refractivity contribution in [2.24, 2.45) is 0 Å². The maximum absolute atomic E-state index is 13.0. The van der Waals surface area contributed by atoms with Crippen LogP contribution in [0.25, 0.3) is 5.76 Å². The van der Waals surface area contributed by atoms with Gasteiger partial charge in [-0.3, -0.25) is 9.59 Å². The van der Waals surface area contributed by atoms with Crippen LogP contribution < -0.4 is 4.74 Å². The number of ketones is 1. The number of rotatable bonds is 9. The van der Waals surface area contributed by atoms with Crippen LogP contribution in [-0.2, 0) is 20.9 Å². The van der Waals surface area contributed by atoms with E-state index in [2.05, 4.69) is 0 Å². The summed E-state index contributed by atoms with van der Waals surface area (Å²) in [5.41, 5.74) is 2.21. The Hall–Kier alpha value is -3.61. The van der Waals surface area contributed by atoms with Crippen LogP contribution in [0.3, 0.4) is 0 Å². The SMILES string of the molecule is COCCCN1C(=O)C(=O)C(=C(O)c2ccc(Cl)cc2)[C@H]1c1ccc(OCc2ccccc2)cc1. The summed E-state index contributed by atoms with van der Waals surface area (Å²) in [6.45, 7) is 1.18. The Kier molecular flexibility index (Phi) is 7.85. The van der Waals surface area contributed by atoms with Gasteiger partial charge in [-0.2, -0.15) is 0 Å². The van der Waals surface area contributed by atoms with E-state index in [4.69, 9.17) is 21.1 Å². The molecule has 1 aliphatic rings. The van der Waals surface area contributed by atoms with Crippen molar-refractivity contribution in [3.8, 4) is 5.75 Å². The van der Waals surface area contributed by atoms with Crippen molar-refractivity contribution in [2.75, 3.05) is 20.3 Å². The zero-order chi connectivity index (χ0) is 24.8. The van der Waals surface area contributed by atoms with E-state index in [9.17, 15) is 14.7 Å². The monoisotopic (exact) mass is 491 g/mol. The molecule has 0 bridgehead atoms. The highest BCUT2D eigenvalue weighted by molar-refractivity contribution is 6.46. The predicted molar refractivity (Wildman–Crippen MR) is 134 cm³/mol. The number of benzene rings is 3. The minimum Gasteiger partial charge on any atom is -0.507 e. The highest BCUT2D eigenvalue weighted by atomic mass is 35.5. The number of Topliss-reactive ketones (excluding diaryl/α,β-unsaturated/α-hetero) is 1. The number of aliphatic hydroxyl groups excluding tert-OH is 1. The molecule has 1 aliphatic heterocycles. The Balaban J connectivity index is 1.66. The molecule has 180 valence electrons. The average molecular weight is 492 g/mol. The summed E-state index contributed by atoms with van der Waals surface area (Å²) in [6.07, 6.45) is 0.555. The Morgan fingerprint density at radius 3 is 2.31 bits per heavy atom. The zero-order valence-electron chi connectivity index (χ0n) is 19.3. The Bertz CT molecular complexity index is 1210. The van der Waals surface area contributed by atoms with Gasteiger partial charge in [-0.25, -0.2) is 0 Å². The maximum atomic E-state index is 13.0. The lowest BCUT2D eigenvalue weighted by Gasteiger charge is -2.25. The van der Waals surface area contributed by atoms with Gasteiger partial charge in [0.1, 0.15) is 18.1 Å². The van der Waals surface area contributed by atoms with Crippen LogP contribution in [0.15, 0.2) is 84.4 Å². The summed E-state index contributed by atoms with van der Waals surface area (Å²) in [6, 6.07) is 22.8. The van der Waals surface area contributed by atoms with E-state index in [1.165, 1.54) is 4.90 Å². The molecule has 6 nitrogen and oxygen atoms in total. The summed E-state index contributed by atoms with van der Waals surface area (Å²) in [5, 5.41) is 11.6. The number of hydrogen-bond donors (Lipinski definition) is 1. The van der Waals surface area contributed by atoms with Gasteiger partial charge in [0, 0.05) is 30.8 Å². The number of amides is 1. The Labute approximate surface area is 209 Å². The van der Waals surface area contributed by atoms with Gasteiger partial charge in [0.2, 0.25) is 0 Å². The first-order chi connectivity index (χ1) is 17.0. The fraction of sp³-hybridized carbons (Fsp3) is 0.214. The number of carbonyl (C=O) groups excluding carboxylic acids is 2. The van der Waals surface area contributed by atoms with Crippen molar-refractivity contribution in [3.63, 3.8) is 0 Å². The second kappa shape index (κ2) is 11.2. The molecule has 1 saturated heterocycles. The van der Waals surface area contributed by atoms with E-state index in [-0.39, 0.29) is 11.3 Å². The molecule has 35 heavy (non-hydrogen) atoms. The number of methoxy groups -OCH3 is 1. The fourth-order valence-electron chi connectivity index (χ4n) is 4.09. The lowest BCUT2D eigenvalue weighted by atomic mass is 9.95.